The van der Waals surface area contributed by atoms with Gasteiger partial charge in [0.1, 0.15) is 5.82 Å². The molecule has 3 heterocycles. The summed E-state index contributed by atoms with van der Waals surface area (Å²) >= 11 is 0. The number of pyridine rings is 1. The van der Waals surface area contributed by atoms with E-state index in [2.05, 4.69) is 27.8 Å². The summed E-state index contributed by atoms with van der Waals surface area (Å²) in [5.74, 6) is 0.923. The van der Waals surface area contributed by atoms with E-state index in [1.807, 2.05) is 12.1 Å². The minimum Gasteiger partial charge on any atom is -0.384 e. The van der Waals surface area contributed by atoms with Gasteiger partial charge in [-0.25, -0.2) is 17.7 Å². The van der Waals surface area contributed by atoms with Crippen LogP contribution < -0.4 is 16.4 Å². The van der Waals surface area contributed by atoms with E-state index in [0.717, 1.165) is 44.6 Å². The third-order valence-corrected chi connectivity index (χ3v) is 7.31. The molecule has 178 valence electrons. The molecule has 0 aliphatic carbocycles. The van der Waals surface area contributed by atoms with E-state index in [0.29, 0.717) is 48.5 Å². The number of piperidine rings is 1. The van der Waals surface area contributed by atoms with E-state index in [1.165, 1.54) is 16.1 Å². The number of primary amides is 1. The number of carbonyl (C=O) groups is 1. The van der Waals surface area contributed by atoms with Crippen LogP contribution >= 0.6 is 0 Å². The molecule has 1 amide bonds. The molecule has 0 radical (unpaired) electrons. The Morgan fingerprint density at radius 1 is 1.12 bits per heavy atom. The normalized spacial score (nSPS) is 18.3. The molecule has 2 aromatic rings. The summed E-state index contributed by atoms with van der Waals surface area (Å²) in [6.07, 6.45) is 5.13. The summed E-state index contributed by atoms with van der Waals surface area (Å²) in [7, 11) is -2.51. The van der Waals surface area contributed by atoms with Gasteiger partial charge < -0.3 is 21.1 Å². The number of anilines is 3. The first-order chi connectivity index (χ1) is 16.0. The van der Waals surface area contributed by atoms with Crippen molar-refractivity contribution in [3.8, 4) is 0 Å². The van der Waals surface area contributed by atoms with Crippen molar-refractivity contribution in [1.29, 1.82) is 0 Å². The van der Waals surface area contributed by atoms with Gasteiger partial charge in [-0.1, -0.05) is 12.1 Å². The SMILES string of the molecule is NC(=O)c1cnc(Nc2ccc(C3CCOCC3)cc2)cc1NCC1CCN([SH](=O)=O)CC1. The smallest absolute Gasteiger partial charge is 0.252 e. The molecule has 0 spiro atoms. The Hall–Kier alpha value is -2.69. The van der Waals surface area contributed by atoms with Gasteiger partial charge in [-0.3, -0.25) is 4.79 Å². The molecule has 0 atom stereocenters. The number of hydrogen-bond acceptors (Lipinski definition) is 7. The Morgan fingerprint density at radius 3 is 2.45 bits per heavy atom. The van der Waals surface area contributed by atoms with Crippen molar-refractivity contribution in [3.63, 3.8) is 0 Å². The van der Waals surface area contributed by atoms with Crippen LogP contribution in [-0.2, 0) is 15.6 Å². The quantitative estimate of drug-likeness (QED) is 0.434. The number of nitrogens with two attached hydrogens (primary N) is 1. The van der Waals surface area contributed by atoms with Crippen LogP contribution in [0.25, 0.3) is 0 Å². The van der Waals surface area contributed by atoms with Gasteiger partial charge in [-0.05, 0) is 55.2 Å². The fourth-order valence-electron chi connectivity index (χ4n) is 4.42. The topological polar surface area (TPSA) is 127 Å². The zero-order valence-corrected chi connectivity index (χ0v) is 19.4. The number of benzene rings is 1. The number of nitrogens with one attached hydrogen (secondary N) is 2. The van der Waals surface area contributed by atoms with Crippen LogP contribution in [0, 0.1) is 5.92 Å². The zero-order chi connectivity index (χ0) is 23.2. The molecular weight excluding hydrogens is 442 g/mol. The number of hydrogen-bond donors (Lipinski definition) is 4. The number of rotatable bonds is 8. The fourth-order valence-corrected chi connectivity index (χ4v) is 4.98. The lowest BCUT2D eigenvalue weighted by molar-refractivity contribution is 0.0853. The molecule has 0 unspecified atom stereocenters. The monoisotopic (exact) mass is 473 g/mol. The Bertz CT molecular complexity index is 1020. The highest BCUT2D eigenvalue weighted by atomic mass is 32.2. The first kappa shape index (κ1) is 23.5. The van der Waals surface area contributed by atoms with E-state index >= 15 is 0 Å². The molecule has 2 saturated heterocycles. The summed E-state index contributed by atoms with van der Waals surface area (Å²) in [5.41, 5.74) is 8.72. The number of thiol groups is 1. The zero-order valence-electron chi connectivity index (χ0n) is 18.5. The fraction of sp³-hybridized carbons (Fsp3) is 0.478. The lowest BCUT2D eigenvalue weighted by Gasteiger charge is -2.28. The molecule has 0 saturated carbocycles. The molecule has 33 heavy (non-hydrogen) atoms. The number of amides is 1. The summed E-state index contributed by atoms with van der Waals surface area (Å²) in [5, 5.41) is 6.62. The molecule has 4 rings (SSSR count). The molecule has 0 bridgehead atoms. The summed E-state index contributed by atoms with van der Waals surface area (Å²) in [6.45, 7) is 3.32. The van der Waals surface area contributed by atoms with Crippen LogP contribution in [0.5, 0.6) is 0 Å². The molecule has 2 aliphatic heterocycles. The first-order valence-electron chi connectivity index (χ1n) is 11.4. The second-order valence-electron chi connectivity index (χ2n) is 8.63. The number of nitrogens with zero attached hydrogens (tertiary/aromatic N) is 2. The molecule has 1 aromatic carbocycles. The van der Waals surface area contributed by atoms with Gasteiger partial charge in [0.15, 0.2) is 0 Å². The van der Waals surface area contributed by atoms with Gasteiger partial charge in [0.05, 0.1) is 11.3 Å². The van der Waals surface area contributed by atoms with Crippen LogP contribution in [0.15, 0.2) is 36.5 Å². The molecule has 10 heteroatoms. The number of aromatic nitrogens is 1. The number of ether oxygens (including phenoxy) is 1. The van der Waals surface area contributed by atoms with Crippen molar-refractivity contribution in [2.75, 3.05) is 43.5 Å². The third-order valence-electron chi connectivity index (χ3n) is 6.45. The maximum Gasteiger partial charge on any atom is 0.252 e. The van der Waals surface area contributed by atoms with Gasteiger partial charge in [0, 0.05) is 50.8 Å². The largest absolute Gasteiger partial charge is 0.384 e. The van der Waals surface area contributed by atoms with Crippen molar-refractivity contribution < 1.29 is 17.9 Å². The van der Waals surface area contributed by atoms with E-state index in [1.54, 1.807) is 6.07 Å². The highest BCUT2D eigenvalue weighted by Gasteiger charge is 2.21. The van der Waals surface area contributed by atoms with Crippen molar-refractivity contribution in [3.05, 3.63) is 47.7 Å². The second kappa shape index (κ2) is 11.0. The third kappa shape index (κ3) is 6.21. The van der Waals surface area contributed by atoms with Crippen LogP contribution in [0.4, 0.5) is 17.2 Å². The van der Waals surface area contributed by atoms with Gasteiger partial charge in [0.2, 0.25) is 10.9 Å². The molecule has 2 fully saturated rings. The Morgan fingerprint density at radius 2 is 1.82 bits per heavy atom. The average molecular weight is 474 g/mol. The lowest BCUT2D eigenvalue weighted by atomic mass is 9.92. The van der Waals surface area contributed by atoms with E-state index < -0.39 is 16.8 Å². The first-order valence-corrected chi connectivity index (χ1v) is 12.5. The molecule has 1 aromatic heterocycles. The molecule has 9 nitrogen and oxygen atoms in total. The van der Waals surface area contributed by atoms with Crippen molar-refractivity contribution in [2.45, 2.75) is 31.6 Å². The predicted octanol–water partition coefficient (Wildman–Crippen LogP) is 2.47. The lowest BCUT2D eigenvalue weighted by Crippen LogP contribution is -2.34. The highest BCUT2D eigenvalue weighted by Crippen LogP contribution is 2.29. The minimum absolute atomic E-state index is 0.319. The summed E-state index contributed by atoms with van der Waals surface area (Å²) in [4.78, 5) is 16.2. The Kier molecular flexibility index (Phi) is 7.79. The number of carbonyl (C=O) groups excluding carboxylic acids is 1. The van der Waals surface area contributed by atoms with Crippen molar-refractivity contribution >= 4 is 34.0 Å². The van der Waals surface area contributed by atoms with Crippen LogP contribution in [0.1, 0.15) is 47.5 Å². The van der Waals surface area contributed by atoms with E-state index in [9.17, 15) is 13.2 Å². The van der Waals surface area contributed by atoms with E-state index in [4.69, 9.17) is 10.5 Å². The second-order valence-corrected chi connectivity index (χ2v) is 9.67. The van der Waals surface area contributed by atoms with Gasteiger partial charge in [0.25, 0.3) is 5.91 Å². The molecule has 2 aliphatic rings. The molecular formula is C23H31N5O4S. The van der Waals surface area contributed by atoms with Crippen LogP contribution in [0.2, 0.25) is 0 Å². The summed E-state index contributed by atoms with van der Waals surface area (Å²) < 4.78 is 29.2. The average Bonchev–Trinajstić information content (AvgIpc) is 2.84. The van der Waals surface area contributed by atoms with Crippen molar-refractivity contribution in [1.82, 2.24) is 9.29 Å². The van der Waals surface area contributed by atoms with Gasteiger partial charge in [-0.2, -0.15) is 0 Å². The molecule has 4 N–H and O–H groups in total. The Balaban J connectivity index is 1.40. The minimum atomic E-state index is -2.51. The standard InChI is InChI=1S/C23H31N5O4S/c24-23(29)20-15-26-22(13-21(20)25-14-16-5-9-28(10-6-16)33(30)31)27-19-3-1-17(2-4-19)18-7-11-32-12-8-18/h1-4,13,15-16,18,33H,5-12,14H2,(H2,24,29)(H2,25,26,27). The Labute approximate surface area is 195 Å². The maximum absolute atomic E-state index is 11.9. The van der Waals surface area contributed by atoms with Crippen LogP contribution in [0.3, 0.4) is 0 Å². The maximum atomic E-state index is 11.9. The van der Waals surface area contributed by atoms with Gasteiger partial charge in [-0.15, -0.1) is 0 Å². The van der Waals surface area contributed by atoms with Gasteiger partial charge >= 0.3 is 0 Å². The van der Waals surface area contributed by atoms with Crippen molar-refractivity contribution in [2.24, 2.45) is 11.7 Å². The summed E-state index contributed by atoms with van der Waals surface area (Å²) in [6, 6.07) is 10.1. The predicted molar refractivity (Wildman–Crippen MR) is 128 cm³/mol. The van der Waals surface area contributed by atoms with Crippen LogP contribution in [-0.4, -0.2) is 56.5 Å². The highest BCUT2D eigenvalue weighted by molar-refractivity contribution is 7.69. The van der Waals surface area contributed by atoms with E-state index in [-0.39, 0.29) is 0 Å².